The number of hydrogen-bond acceptors (Lipinski definition) is 3. The molecular formula is C15H14F3N3O. The van der Waals surface area contributed by atoms with Crippen molar-refractivity contribution < 1.29 is 18.0 Å². The molecule has 0 radical (unpaired) electrons. The predicted octanol–water partition coefficient (Wildman–Crippen LogP) is 2.45. The van der Waals surface area contributed by atoms with Crippen LogP contribution in [0.5, 0.6) is 0 Å². The molecule has 2 aliphatic heterocycles. The van der Waals surface area contributed by atoms with Gasteiger partial charge in [-0.15, -0.1) is 0 Å². The lowest BCUT2D eigenvalue weighted by Crippen LogP contribution is -2.36. The van der Waals surface area contributed by atoms with Gasteiger partial charge in [-0.3, -0.25) is 14.8 Å². The minimum atomic E-state index is -4.41. The third-order valence-electron chi connectivity index (χ3n) is 3.95. The first-order chi connectivity index (χ1) is 10.4. The second-order valence-electron chi connectivity index (χ2n) is 5.37. The molecule has 4 nitrogen and oxygen atoms in total. The average Bonchev–Trinajstić information content (AvgIpc) is 2.89. The molecule has 0 atom stereocenters. The van der Waals surface area contributed by atoms with Gasteiger partial charge in [0.1, 0.15) is 0 Å². The largest absolute Gasteiger partial charge is 0.416 e. The topological polar surface area (TPSA) is 45.6 Å². The Morgan fingerprint density at radius 3 is 2.82 bits per heavy atom. The lowest BCUT2D eigenvalue weighted by molar-refractivity contribution is -0.137. The third kappa shape index (κ3) is 2.63. The number of halogens is 3. The van der Waals surface area contributed by atoms with Crippen molar-refractivity contribution in [2.75, 3.05) is 19.6 Å². The molecule has 0 aromatic carbocycles. The van der Waals surface area contributed by atoms with Crippen molar-refractivity contribution in [3.8, 4) is 0 Å². The normalized spacial score (nSPS) is 18.4. The minimum Gasteiger partial charge on any atom is -0.338 e. The van der Waals surface area contributed by atoms with Crippen molar-refractivity contribution >= 4 is 11.6 Å². The average molecular weight is 309 g/mol. The molecule has 3 rings (SSSR count). The Hall–Kier alpha value is -2.18. The number of carbonyl (C=O) groups excluding carboxylic acids is 1. The Labute approximate surface area is 125 Å². The van der Waals surface area contributed by atoms with Crippen LogP contribution in [0.3, 0.4) is 0 Å². The van der Waals surface area contributed by atoms with Crippen LogP contribution in [0.25, 0.3) is 0 Å². The van der Waals surface area contributed by atoms with Crippen molar-refractivity contribution in [1.82, 2.24) is 9.88 Å². The van der Waals surface area contributed by atoms with E-state index in [0.717, 1.165) is 29.5 Å². The van der Waals surface area contributed by atoms with Crippen LogP contribution in [-0.2, 0) is 11.0 Å². The van der Waals surface area contributed by atoms with Crippen LogP contribution < -0.4 is 0 Å². The molecule has 22 heavy (non-hydrogen) atoms. The van der Waals surface area contributed by atoms with E-state index in [9.17, 15) is 18.0 Å². The van der Waals surface area contributed by atoms with Crippen LogP contribution in [0.1, 0.15) is 24.6 Å². The molecule has 1 aromatic heterocycles. The summed E-state index contributed by atoms with van der Waals surface area (Å²) in [6.45, 7) is 2.99. The maximum atomic E-state index is 12.8. The molecule has 0 N–H and O–H groups in total. The molecule has 0 aliphatic carbocycles. The SMILES string of the molecule is CC(=O)N1CCC2=C(C1)C(c1cc(C(F)(F)F)ccn1)=NC2. The second kappa shape index (κ2) is 5.23. The maximum absolute atomic E-state index is 12.8. The van der Waals surface area contributed by atoms with Gasteiger partial charge in [-0.1, -0.05) is 0 Å². The maximum Gasteiger partial charge on any atom is 0.416 e. The molecule has 3 heterocycles. The quantitative estimate of drug-likeness (QED) is 0.800. The number of alkyl halides is 3. The van der Waals surface area contributed by atoms with E-state index in [1.807, 2.05) is 0 Å². The number of pyridine rings is 1. The molecule has 2 aliphatic rings. The summed E-state index contributed by atoms with van der Waals surface area (Å²) in [6, 6.07) is 1.96. The van der Waals surface area contributed by atoms with Crippen LogP contribution in [-0.4, -0.2) is 41.1 Å². The highest BCUT2D eigenvalue weighted by Gasteiger charge is 2.33. The van der Waals surface area contributed by atoms with Gasteiger partial charge in [0.2, 0.25) is 5.91 Å². The van der Waals surface area contributed by atoms with Gasteiger partial charge in [-0.05, 0) is 24.1 Å². The number of hydrogen-bond donors (Lipinski definition) is 0. The number of rotatable bonds is 1. The number of nitrogens with zero attached hydrogens (tertiary/aromatic N) is 3. The van der Waals surface area contributed by atoms with E-state index in [-0.39, 0.29) is 11.6 Å². The number of aliphatic imine (C=N–C) groups is 1. The van der Waals surface area contributed by atoms with Gasteiger partial charge in [0, 0.05) is 31.8 Å². The molecular weight excluding hydrogens is 295 g/mol. The number of carbonyl (C=O) groups is 1. The third-order valence-corrected chi connectivity index (χ3v) is 3.95. The van der Waals surface area contributed by atoms with Crippen molar-refractivity contribution in [2.45, 2.75) is 19.5 Å². The Morgan fingerprint density at radius 1 is 1.36 bits per heavy atom. The van der Waals surface area contributed by atoms with E-state index in [1.165, 1.54) is 6.92 Å². The Bertz CT molecular complexity index is 692. The van der Waals surface area contributed by atoms with Gasteiger partial charge in [0.05, 0.1) is 23.5 Å². The molecule has 0 fully saturated rings. The first-order valence-electron chi connectivity index (χ1n) is 6.91. The first-order valence-corrected chi connectivity index (χ1v) is 6.91. The van der Waals surface area contributed by atoms with Gasteiger partial charge < -0.3 is 4.90 Å². The molecule has 1 aromatic rings. The summed E-state index contributed by atoms with van der Waals surface area (Å²) in [6.07, 6.45) is -2.56. The van der Waals surface area contributed by atoms with E-state index in [0.29, 0.717) is 31.8 Å². The zero-order valence-electron chi connectivity index (χ0n) is 11.9. The molecule has 0 saturated heterocycles. The lowest BCUT2D eigenvalue weighted by atomic mass is 9.96. The van der Waals surface area contributed by atoms with Crippen LogP contribution in [0.2, 0.25) is 0 Å². The van der Waals surface area contributed by atoms with Crippen molar-refractivity contribution in [2.24, 2.45) is 4.99 Å². The van der Waals surface area contributed by atoms with Crippen LogP contribution >= 0.6 is 0 Å². The summed E-state index contributed by atoms with van der Waals surface area (Å²) in [5.41, 5.74) is 1.88. The minimum absolute atomic E-state index is 0.0465. The van der Waals surface area contributed by atoms with Crippen LogP contribution in [0.15, 0.2) is 34.5 Å². The summed E-state index contributed by atoms with van der Waals surface area (Å²) in [4.78, 5) is 21.6. The van der Waals surface area contributed by atoms with Gasteiger partial charge in [0.25, 0.3) is 0 Å². The Kier molecular flexibility index (Phi) is 3.50. The summed E-state index contributed by atoms with van der Waals surface area (Å²) in [5.74, 6) is -0.0465. The molecule has 0 bridgehead atoms. The fourth-order valence-corrected chi connectivity index (χ4v) is 2.73. The van der Waals surface area contributed by atoms with E-state index >= 15 is 0 Å². The first kappa shape index (κ1) is 14.7. The molecule has 116 valence electrons. The summed E-state index contributed by atoms with van der Waals surface area (Å²) in [7, 11) is 0. The van der Waals surface area contributed by atoms with Gasteiger partial charge in [-0.25, -0.2) is 0 Å². The monoisotopic (exact) mass is 309 g/mol. The fourth-order valence-electron chi connectivity index (χ4n) is 2.73. The van der Waals surface area contributed by atoms with E-state index < -0.39 is 11.7 Å². The van der Waals surface area contributed by atoms with Crippen LogP contribution in [0, 0.1) is 0 Å². The van der Waals surface area contributed by atoms with E-state index in [2.05, 4.69) is 9.98 Å². The second-order valence-corrected chi connectivity index (χ2v) is 5.37. The number of aromatic nitrogens is 1. The summed E-state index contributed by atoms with van der Waals surface area (Å²) < 4.78 is 38.5. The molecule has 0 saturated carbocycles. The smallest absolute Gasteiger partial charge is 0.338 e. The Balaban J connectivity index is 1.93. The fraction of sp³-hybridized carbons (Fsp3) is 0.400. The van der Waals surface area contributed by atoms with Gasteiger partial charge in [0.15, 0.2) is 0 Å². The highest BCUT2D eigenvalue weighted by Crippen LogP contribution is 2.31. The molecule has 0 unspecified atom stereocenters. The van der Waals surface area contributed by atoms with Crippen LogP contribution in [0.4, 0.5) is 13.2 Å². The lowest BCUT2D eigenvalue weighted by Gasteiger charge is -2.27. The van der Waals surface area contributed by atoms with Crippen molar-refractivity contribution in [3.63, 3.8) is 0 Å². The zero-order valence-corrected chi connectivity index (χ0v) is 11.9. The summed E-state index contributed by atoms with van der Waals surface area (Å²) in [5, 5.41) is 0. The van der Waals surface area contributed by atoms with E-state index in [4.69, 9.17) is 0 Å². The van der Waals surface area contributed by atoms with Crippen molar-refractivity contribution in [3.05, 3.63) is 40.7 Å². The van der Waals surface area contributed by atoms with Gasteiger partial charge in [-0.2, -0.15) is 13.2 Å². The molecule has 0 spiro atoms. The molecule has 1 amide bonds. The predicted molar refractivity (Wildman–Crippen MR) is 74.5 cm³/mol. The highest BCUT2D eigenvalue weighted by molar-refractivity contribution is 6.14. The highest BCUT2D eigenvalue weighted by atomic mass is 19.4. The molecule has 7 heteroatoms. The Morgan fingerprint density at radius 2 is 2.14 bits per heavy atom. The number of amides is 1. The summed E-state index contributed by atoms with van der Waals surface area (Å²) >= 11 is 0. The van der Waals surface area contributed by atoms with Crippen molar-refractivity contribution in [1.29, 1.82) is 0 Å². The van der Waals surface area contributed by atoms with Gasteiger partial charge >= 0.3 is 6.18 Å². The standard InChI is InChI=1S/C15H14F3N3O/c1-9(22)21-5-3-10-7-20-14(12(10)8-21)13-6-11(2-4-19-13)15(16,17)18/h2,4,6H,3,5,7-8H2,1H3. The zero-order chi connectivity index (χ0) is 15.9. The van der Waals surface area contributed by atoms with E-state index in [1.54, 1.807) is 4.90 Å².